The standard InChI is InChI=1S/C20H25ClN4O.ClH/c1-25-11-16(19(24-25)15-7-2-3-8-17(15)21)20(26)23-18-12-5-4-6-13(18)10-14(22)9-12;/h2-3,7-8,11-14,18H,4-6,9-10,22H2,1H3,(H,23,26);1H. The Hall–Kier alpha value is -1.56. The van der Waals surface area contributed by atoms with E-state index in [2.05, 4.69) is 10.4 Å². The van der Waals surface area contributed by atoms with Crippen molar-refractivity contribution >= 4 is 29.9 Å². The third-order valence-electron chi connectivity index (χ3n) is 5.88. The zero-order chi connectivity index (χ0) is 18.3. The lowest BCUT2D eigenvalue weighted by molar-refractivity contribution is 0.0756. The first-order valence-electron chi connectivity index (χ1n) is 9.38. The first kappa shape index (κ1) is 20.2. The number of halogens is 2. The van der Waals surface area contributed by atoms with Crippen LogP contribution in [-0.4, -0.2) is 27.8 Å². The number of fused-ring (bicyclic) bond motifs is 2. The maximum absolute atomic E-state index is 13.1. The Morgan fingerprint density at radius 3 is 2.59 bits per heavy atom. The molecule has 1 aromatic carbocycles. The van der Waals surface area contributed by atoms with Gasteiger partial charge in [0.1, 0.15) is 5.69 Å². The predicted octanol–water partition coefficient (Wildman–Crippen LogP) is 3.80. The molecule has 2 aliphatic rings. The van der Waals surface area contributed by atoms with Crippen LogP contribution in [0.3, 0.4) is 0 Å². The molecule has 1 aromatic heterocycles. The lowest BCUT2D eigenvalue weighted by Crippen LogP contribution is -2.53. The van der Waals surface area contributed by atoms with Crippen molar-refractivity contribution in [3.05, 3.63) is 41.0 Å². The number of nitrogens with zero attached hydrogens (tertiary/aromatic N) is 2. The molecule has 2 bridgehead atoms. The van der Waals surface area contributed by atoms with Crippen molar-refractivity contribution < 1.29 is 4.79 Å². The molecular formula is C20H26Cl2N4O. The van der Waals surface area contributed by atoms with Crippen molar-refractivity contribution in [1.82, 2.24) is 15.1 Å². The second kappa shape index (κ2) is 8.21. The molecule has 2 aliphatic carbocycles. The monoisotopic (exact) mass is 408 g/mol. The van der Waals surface area contributed by atoms with E-state index < -0.39 is 0 Å². The van der Waals surface area contributed by atoms with E-state index >= 15 is 0 Å². The molecule has 3 N–H and O–H groups in total. The van der Waals surface area contributed by atoms with Gasteiger partial charge in [0.2, 0.25) is 0 Å². The third kappa shape index (κ3) is 4.00. The van der Waals surface area contributed by atoms with Gasteiger partial charge in [-0.3, -0.25) is 9.48 Å². The van der Waals surface area contributed by atoms with Crippen LogP contribution in [-0.2, 0) is 7.05 Å². The molecule has 2 unspecified atom stereocenters. The van der Waals surface area contributed by atoms with Crippen molar-refractivity contribution in [2.24, 2.45) is 24.6 Å². The van der Waals surface area contributed by atoms with E-state index in [4.69, 9.17) is 17.3 Å². The molecule has 2 fully saturated rings. The van der Waals surface area contributed by atoms with Crippen molar-refractivity contribution in [3.63, 3.8) is 0 Å². The van der Waals surface area contributed by atoms with Gasteiger partial charge in [-0.05, 0) is 43.6 Å². The Morgan fingerprint density at radius 1 is 1.26 bits per heavy atom. The Balaban J connectivity index is 0.00000210. The van der Waals surface area contributed by atoms with E-state index in [0.717, 1.165) is 31.2 Å². The molecule has 5 nitrogen and oxygen atoms in total. The molecule has 2 aromatic rings. The van der Waals surface area contributed by atoms with Crippen LogP contribution in [0.5, 0.6) is 0 Å². The Bertz CT molecular complexity index is 808. The second-order valence-electron chi connectivity index (χ2n) is 7.73. The zero-order valence-electron chi connectivity index (χ0n) is 15.4. The van der Waals surface area contributed by atoms with Crippen LogP contribution in [0, 0.1) is 11.8 Å². The number of aromatic nitrogens is 2. The fourth-order valence-electron chi connectivity index (χ4n) is 4.76. The second-order valence-corrected chi connectivity index (χ2v) is 8.13. The third-order valence-corrected chi connectivity index (χ3v) is 6.21. The van der Waals surface area contributed by atoms with Crippen molar-refractivity contribution in [2.75, 3.05) is 0 Å². The highest BCUT2D eigenvalue weighted by atomic mass is 35.5. The van der Waals surface area contributed by atoms with Crippen molar-refractivity contribution in [2.45, 2.75) is 44.2 Å². The highest BCUT2D eigenvalue weighted by Crippen LogP contribution is 2.40. The van der Waals surface area contributed by atoms with Crippen LogP contribution in [0.2, 0.25) is 5.02 Å². The molecular weight excluding hydrogens is 383 g/mol. The zero-order valence-corrected chi connectivity index (χ0v) is 17.0. The molecule has 1 heterocycles. The summed E-state index contributed by atoms with van der Waals surface area (Å²) in [7, 11) is 1.82. The van der Waals surface area contributed by atoms with Crippen LogP contribution in [0.15, 0.2) is 30.5 Å². The molecule has 2 saturated carbocycles. The smallest absolute Gasteiger partial charge is 0.255 e. The first-order chi connectivity index (χ1) is 12.5. The number of benzene rings is 1. The number of nitrogens with one attached hydrogen (secondary N) is 1. The van der Waals surface area contributed by atoms with Crippen LogP contribution in [0.4, 0.5) is 0 Å². The van der Waals surface area contributed by atoms with E-state index in [-0.39, 0.29) is 30.4 Å². The Kier molecular flexibility index (Phi) is 6.14. The summed E-state index contributed by atoms with van der Waals surface area (Å²) < 4.78 is 1.67. The topological polar surface area (TPSA) is 72.9 Å². The maximum atomic E-state index is 13.1. The molecule has 4 rings (SSSR count). The molecule has 0 radical (unpaired) electrons. The number of amides is 1. The van der Waals surface area contributed by atoms with Crippen LogP contribution in [0.1, 0.15) is 42.5 Å². The lowest BCUT2D eigenvalue weighted by Gasteiger charge is -2.45. The van der Waals surface area contributed by atoms with Gasteiger partial charge in [-0.1, -0.05) is 36.2 Å². The van der Waals surface area contributed by atoms with E-state index in [1.54, 1.807) is 10.9 Å². The number of rotatable bonds is 3. The molecule has 2 atom stereocenters. The lowest BCUT2D eigenvalue weighted by atomic mass is 9.67. The van der Waals surface area contributed by atoms with Crippen LogP contribution >= 0.6 is 24.0 Å². The summed E-state index contributed by atoms with van der Waals surface area (Å²) in [5.74, 6) is 0.911. The summed E-state index contributed by atoms with van der Waals surface area (Å²) in [6.07, 6.45) is 7.33. The van der Waals surface area contributed by atoms with Crippen LogP contribution < -0.4 is 11.1 Å². The molecule has 7 heteroatoms. The Morgan fingerprint density at radius 2 is 1.93 bits per heavy atom. The fourth-order valence-corrected chi connectivity index (χ4v) is 4.99. The van der Waals surface area contributed by atoms with Gasteiger partial charge in [0.25, 0.3) is 5.91 Å². The fraction of sp³-hybridized carbons (Fsp3) is 0.500. The van der Waals surface area contributed by atoms with Gasteiger partial charge in [-0.15, -0.1) is 12.4 Å². The van der Waals surface area contributed by atoms with Gasteiger partial charge < -0.3 is 11.1 Å². The number of nitrogens with two attached hydrogens (primary N) is 1. The molecule has 0 saturated heterocycles. The highest BCUT2D eigenvalue weighted by molar-refractivity contribution is 6.33. The number of carbonyl (C=O) groups is 1. The number of aryl methyl sites for hydroxylation is 1. The van der Waals surface area contributed by atoms with Gasteiger partial charge in [0, 0.05) is 30.9 Å². The minimum absolute atomic E-state index is 0. The largest absolute Gasteiger partial charge is 0.349 e. The van der Waals surface area contributed by atoms with Gasteiger partial charge >= 0.3 is 0 Å². The van der Waals surface area contributed by atoms with Gasteiger partial charge in [0.15, 0.2) is 0 Å². The summed E-state index contributed by atoms with van der Waals surface area (Å²) in [5.41, 5.74) is 8.20. The van der Waals surface area contributed by atoms with Crippen molar-refractivity contribution in [3.8, 4) is 11.3 Å². The summed E-state index contributed by atoms with van der Waals surface area (Å²) >= 11 is 6.34. The van der Waals surface area contributed by atoms with Gasteiger partial charge in [0.05, 0.1) is 10.6 Å². The van der Waals surface area contributed by atoms with E-state index in [9.17, 15) is 4.79 Å². The molecule has 0 spiro atoms. The minimum Gasteiger partial charge on any atom is -0.349 e. The summed E-state index contributed by atoms with van der Waals surface area (Å²) in [4.78, 5) is 13.1. The normalized spacial score (nSPS) is 26.9. The van der Waals surface area contributed by atoms with Gasteiger partial charge in [-0.2, -0.15) is 5.10 Å². The Labute approximate surface area is 171 Å². The predicted molar refractivity (Wildman–Crippen MR) is 110 cm³/mol. The average Bonchev–Trinajstić information content (AvgIpc) is 2.98. The average molecular weight is 409 g/mol. The summed E-state index contributed by atoms with van der Waals surface area (Å²) in [6.45, 7) is 0. The number of hydrogen-bond donors (Lipinski definition) is 2. The minimum atomic E-state index is -0.0645. The maximum Gasteiger partial charge on any atom is 0.255 e. The molecule has 27 heavy (non-hydrogen) atoms. The van der Waals surface area contributed by atoms with E-state index in [0.29, 0.717) is 28.1 Å². The summed E-state index contributed by atoms with van der Waals surface area (Å²) in [6, 6.07) is 7.99. The van der Waals surface area contributed by atoms with Crippen LogP contribution in [0.25, 0.3) is 11.3 Å². The van der Waals surface area contributed by atoms with E-state index in [1.165, 1.54) is 6.42 Å². The van der Waals surface area contributed by atoms with Crippen molar-refractivity contribution in [1.29, 1.82) is 0 Å². The quantitative estimate of drug-likeness (QED) is 0.810. The summed E-state index contributed by atoms with van der Waals surface area (Å²) in [5, 5.41) is 8.40. The first-order valence-corrected chi connectivity index (χ1v) is 9.75. The SMILES string of the molecule is Cl.Cn1cc(C(=O)NC2C3CCCC2CC(N)C3)c(-c2ccccc2Cl)n1. The molecule has 0 aliphatic heterocycles. The highest BCUT2D eigenvalue weighted by Gasteiger charge is 2.40. The van der Waals surface area contributed by atoms with Gasteiger partial charge in [-0.25, -0.2) is 0 Å². The number of carbonyl (C=O) groups excluding carboxylic acids is 1. The number of hydrogen-bond acceptors (Lipinski definition) is 3. The molecule has 146 valence electrons. The molecule has 1 amide bonds. The van der Waals surface area contributed by atoms with E-state index in [1.807, 2.05) is 31.3 Å².